The number of pyridine rings is 4. The number of amides is 2. The molecule has 13 rings (SSSR count). The molecule has 566 valence electrons. The van der Waals surface area contributed by atoms with E-state index in [0.29, 0.717) is 47.2 Å². The number of carbonyl (C=O) groups excluding carboxylic acids is 2. The highest BCUT2D eigenvalue weighted by atomic mass is 35.5. The Balaban J connectivity index is 0.000000172. The van der Waals surface area contributed by atoms with Crippen LogP contribution in [0.2, 0.25) is 5.15 Å². The number of hydrogen-bond acceptors (Lipinski definition) is 22. The van der Waals surface area contributed by atoms with Crippen LogP contribution in [0.1, 0.15) is 131 Å². The lowest BCUT2D eigenvalue weighted by molar-refractivity contribution is 0.00578. The molecule has 26 nitrogen and oxygen atoms in total. The first-order valence-corrected chi connectivity index (χ1v) is 35.1. The van der Waals surface area contributed by atoms with E-state index in [1.54, 1.807) is 88.0 Å². The van der Waals surface area contributed by atoms with Crippen LogP contribution >= 0.6 is 11.6 Å². The molecule has 2 atom stereocenters. The SMILES string of the molecule is COCOc1cccc(F)c1-c1nc2c3c(nc(=O)n2-c2c(C)ccnc2C(C)C)N2CCN(C(=O)OC(C)(C)C)C[C@@H]2COc3c1F.COCOc1cccc(F)c1B1OC(C)(C)C(C)(C)O1.Cc1ccnc(C(C)C)c1-n1c(=O)nc2c3c(c(F)c(Cl)nc31)OC[C@H]1CN(C(=O)OC(C)(C)C)CCN21. The van der Waals surface area contributed by atoms with Crippen LogP contribution in [0.4, 0.5) is 38.8 Å². The Morgan fingerprint density at radius 2 is 1.05 bits per heavy atom. The number of piperazine rings is 2. The lowest BCUT2D eigenvalue weighted by Gasteiger charge is -2.41. The molecule has 32 heteroatoms. The van der Waals surface area contributed by atoms with Crippen molar-refractivity contribution in [2.45, 2.75) is 157 Å². The van der Waals surface area contributed by atoms with Crippen LogP contribution in [0.5, 0.6) is 23.0 Å². The van der Waals surface area contributed by atoms with Gasteiger partial charge in [-0.15, -0.1) is 0 Å². The van der Waals surface area contributed by atoms with Crippen molar-refractivity contribution in [3.8, 4) is 45.6 Å². The molecular weight excluding hydrogens is 1400 g/mol. The van der Waals surface area contributed by atoms with Crippen molar-refractivity contribution in [3.05, 3.63) is 133 Å². The first-order valence-electron chi connectivity index (χ1n) is 34.8. The Morgan fingerprint density at radius 1 is 0.613 bits per heavy atom. The van der Waals surface area contributed by atoms with E-state index in [1.165, 1.54) is 41.6 Å². The second kappa shape index (κ2) is 30.4. The summed E-state index contributed by atoms with van der Waals surface area (Å²) in [7, 11) is 2.12. The van der Waals surface area contributed by atoms with Crippen LogP contribution in [-0.4, -0.2) is 183 Å². The molecule has 106 heavy (non-hydrogen) atoms. The lowest BCUT2D eigenvalue weighted by Crippen LogP contribution is -2.57. The highest BCUT2D eigenvalue weighted by molar-refractivity contribution is 6.63. The minimum Gasteiger partial charge on any atom is -0.487 e. The molecule has 0 N–H and O–H groups in total. The van der Waals surface area contributed by atoms with Gasteiger partial charge in [0.15, 0.2) is 47.3 Å². The van der Waals surface area contributed by atoms with Gasteiger partial charge in [-0.3, -0.25) is 9.97 Å². The summed E-state index contributed by atoms with van der Waals surface area (Å²) >= 11 is 6.23. The average Bonchev–Trinajstić information content (AvgIpc) is 1.30. The number of carbonyl (C=O) groups is 2. The summed E-state index contributed by atoms with van der Waals surface area (Å²) in [6, 6.07) is 11.3. The van der Waals surface area contributed by atoms with E-state index in [-0.39, 0.29) is 127 Å². The van der Waals surface area contributed by atoms with Crippen LogP contribution in [0, 0.1) is 37.1 Å². The van der Waals surface area contributed by atoms with Gasteiger partial charge in [0.2, 0.25) is 5.82 Å². The number of aryl methyl sites for hydroxylation is 2. The number of rotatable bonds is 12. The molecule has 0 radical (unpaired) electrons. The van der Waals surface area contributed by atoms with E-state index in [2.05, 4.69) is 29.9 Å². The number of nitrogens with zero attached hydrogens (tertiary/aromatic N) is 12. The summed E-state index contributed by atoms with van der Waals surface area (Å²) in [6.45, 7) is 31.3. The molecule has 6 aromatic heterocycles. The number of benzene rings is 2. The topological polar surface area (TPSA) is 261 Å². The maximum absolute atomic E-state index is 16.9. The van der Waals surface area contributed by atoms with Crippen molar-refractivity contribution in [2.75, 3.05) is 90.1 Å². The van der Waals surface area contributed by atoms with Gasteiger partial charge in [-0.05, 0) is 142 Å². The summed E-state index contributed by atoms with van der Waals surface area (Å²) in [5.74, 6) is -2.76. The third-order valence-corrected chi connectivity index (χ3v) is 18.9. The summed E-state index contributed by atoms with van der Waals surface area (Å²) in [6.07, 6.45) is 2.39. The molecule has 0 aliphatic carbocycles. The molecule has 5 aliphatic heterocycles. The van der Waals surface area contributed by atoms with Crippen molar-refractivity contribution in [2.24, 2.45) is 0 Å². The third-order valence-electron chi connectivity index (χ3n) is 18.6. The van der Waals surface area contributed by atoms with E-state index >= 15 is 13.2 Å². The van der Waals surface area contributed by atoms with E-state index in [9.17, 15) is 23.6 Å². The Labute approximate surface area is 616 Å². The molecule has 0 saturated carbocycles. The van der Waals surface area contributed by atoms with Gasteiger partial charge in [0.25, 0.3) is 0 Å². The van der Waals surface area contributed by atoms with E-state index in [1.807, 2.05) is 79.0 Å². The van der Waals surface area contributed by atoms with E-state index in [4.69, 9.17) is 58.8 Å². The standard InChI is InChI=1S/C34H38F2N6O6.C26H30ClFN6O4.C14H20BFO4/c1-18(2)26-28(19(3)11-12-37-26)42-31-24-29(25(36)27(38-31)23-21(35)9-8-10-22(23)47-17-45-7)46-16-20-15-40(33(44)48-34(4,5)6)13-14-41(20)30(24)39-32(42)43;1-13(2)18-19(14(3)7-8-29-18)34-23-16-20(17(28)21(27)30-23)37-12-15-11-32(25(36)38-26(4,5)6)9-10-33(15)22(16)31-24(34)35;1-13(2)14(3,4)20-15(19-13)12-10(16)7-6-8-11(12)18-9-17-5/h8-12,18,20H,13-17H2,1-7H3;7-8,13,15H,9-12H2,1-6H3;6-8H,9H2,1-5H3/t20-;15-;/m11./s1. The van der Waals surface area contributed by atoms with Crippen molar-refractivity contribution in [3.63, 3.8) is 0 Å². The van der Waals surface area contributed by atoms with Crippen molar-refractivity contribution >= 4 is 70.1 Å². The van der Waals surface area contributed by atoms with Gasteiger partial charge in [-0.2, -0.15) is 14.4 Å². The normalized spacial score (nSPS) is 17.3. The predicted molar refractivity (Wildman–Crippen MR) is 390 cm³/mol. The quantitative estimate of drug-likeness (QED) is 0.0476. The molecule has 11 heterocycles. The molecule has 0 bridgehead atoms. The van der Waals surface area contributed by atoms with Gasteiger partial charge in [0.05, 0.1) is 57.1 Å². The summed E-state index contributed by atoms with van der Waals surface area (Å²) in [4.78, 5) is 87.5. The van der Waals surface area contributed by atoms with Crippen molar-refractivity contribution in [1.29, 1.82) is 0 Å². The Kier molecular flexibility index (Phi) is 22.3. The second-order valence-corrected chi connectivity index (χ2v) is 30.2. The predicted octanol–water partition coefficient (Wildman–Crippen LogP) is 11.7. The monoisotopic (exact) mass is 1490 g/mol. The number of anilines is 2. The zero-order chi connectivity index (χ0) is 77.0. The molecule has 3 saturated heterocycles. The molecular formula is C74H88BClF4N12O14. The van der Waals surface area contributed by atoms with Crippen LogP contribution in [-0.2, 0) is 28.3 Å². The molecule has 5 aliphatic rings. The van der Waals surface area contributed by atoms with Crippen LogP contribution in [0.3, 0.4) is 0 Å². The fraction of sp³-hybridized carbons (Fsp3) is 0.486. The average molecular weight is 1490 g/mol. The molecule has 2 amide bonds. The van der Waals surface area contributed by atoms with Crippen LogP contribution in [0.25, 0.3) is 44.7 Å². The molecule has 2 aromatic carbocycles. The molecule has 0 spiro atoms. The zero-order valence-corrected chi connectivity index (χ0v) is 63.5. The number of aromatic nitrogens is 8. The first-order chi connectivity index (χ1) is 50.0. The molecule has 0 unspecified atom stereocenters. The molecule has 8 aromatic rings. The first kappa shape index (κ1) is 77.7. The van der Waals surface area contributed by atoms with E-state index < -0.39 is 99.3 Å². The van der Waals surface area contributed by atoms with Gasteiger partial charge in [-0.1, -0.05) is 51.4 Å². The highest BCUT2D eigenvalue weighted by Gasteiger charge is 2.53. The van der Waals surface area contributed by atoms with Crippen molar-refractivity contribution < 1.29 is 74.4 Å². The van der Waals surface area contributed by atoms with Gasteiger partial charge >= 0.3 is 30.7 Å². The fourth-order valence-corrected chi connectivity index (χ4v) is 13.2. The largest absolute Gasteiger partial charge is 0.501 e. The Hall–Kier alpha value is -9.43. The van der Waals surface area contributed by atoms with Crippen LogP contribution < -0.4 is 45.6 Å². The van der Waals surface area contributed by atoms with Crippen LogP contribution in [0.15, 0.2) is 70.5 Å². The van der Waals surface area contributed by atoms with E-state index in [0.717, 1.165) is 11.6 Å². The van der Waals surface area contributed by atoms with Gasteiger partial charge in [0, 0.05) is 65.9 Å². The zero-order valence-electron chi connectivity index (χ0n) is 62.7. The number of ether oxygens (including phenoxy) is 8. The smallest absolute Gasteiger partial charge is 0.487 e. The third kappa shape index (κ3) is 15.4. The second-order valence-electron chi connectivity index (χ2n) is 29.8. The fourth-order valence-electron chi connectivity index (χ4n) is 13.0. The Bertz CT molecular complexity index is 4810. The summed E-state index contributed by atoms with van der Waals surface area (Å²) in [5.41, 5.74) is -0.252. The summed E-state index contributed by atoms with van der Waals surface area (Å²) < 4.78 is 121. The number of hydrogen-bond donors (Lipinski definition) is 0. The van der Waals surface area contributed by atoms with Gasteiger partial charge in [0.1, 0.15) is 75.7 Å². The summed E-state index contributed by atoms with van der Waals surface area (Å²) in [5, 5.41) is -0.0314. The Morgan fingerprint density at radius 3 is 1.50 bits per heavy atom. The minimum absolute atomic E-state index is 0.00515. The minimum atomic E-state index is -0.959. The number of fused-ring (bicyclic) bond motifs is 4. The van der Waals surface area contributed by atoms with Gasteiger partial charge in [-0.25, -0.2) is 51.5 Å². The lowest BCUT2D eigenvalue weighted by atomic mass is 9.78. The van der Waals surface area contributed by atoms with Crippen molar-refractivity contribution in [1.82, 2.24) is 48.8 Å². The molecule has 3 fully saturated rings. The van der Waals surface area contributed by atoms with Gasteiger partial charge < -0.3 is 66.8 Å². The number of methoxy groups -OCH3 is 2. The highest BCUT2D eigenvalue weighted by Crippen LogP contribution is 2.46. The number of halogens is 5. The maximum atomic E-state index is 16.9. The maximum Gasteiger partial charge on any atom is 0.501 e.